The first-order valence-corrected chi connectivity index (χ1v) is 6.33. The third-order valence-electron chi connectivity index (χ3n) is 2.13. The molecule has 0 spiro atoms. The molecule has 0 amide bonds. The van der Waals surface area contributed by atoms with Gasteiger partial charge in [0, 0.05) is 18.6 Å². The van der Waals surface area contributed by atoms with E-state index in [1.807, 2.05) is 0 Å². The van der Waals surface area contributed by atoms with Crippen molar-refractivity contribution >= 4 is 22.8 Å². The van der Waals surface area contributed by atoms with Gasteiger partial charge in [0.05, 0.1) is 0 Å². The van der Waals surface area contributed by atoms with Crippen molar-refractivity contribution in [3.63, 3.8) is 0 Å². The lowest BCUT2D eigenvalue weighted by molar-refractivity contribution is -0.137. The van der Waals surface area contributed by atoms with E-state index in [0.717, 1.165) is 25.7 Å². The number of carbonyl (C=O) groups is 2. The Morgan fingerprint density at radius 3 is 2.33 bits per heavy atom. The van der Waals surface area contributed by atoms with Gasteiger partial charge in [-0.25, -0.2) is 0 Å². The van der Waals surface area contributed by atoms with Crippen molar-refractivity contribution in [2.24, 2.45) is 0 Å². The van der Waals surface area contributed by atoms with E-state index in [1.54, 1.807) is 6.92 Å². The van der Waals surface area contributed by atoms with Crippen LogP contribution in [0.1, 0.15) is 52.4 Å². The van der Waals surface area contributed by atoms with E-state index < -0.39 is 5.97 Å². The topological polar surface area (TPSA) is 54.4 Å². The van der Waals surface area contributed by atoms with Crippen molar-refractivity contribution in [1.82, 2.24) is 0 Å². The van der Waals surface area contributed by atoms with Crippen LogP contribution < -0.4 is 0 Å². The van der Waals surface area contributed by atoms with Crippen LogP contribution in [0.5, 0.6) is 0 Å². The van der Waals surface area contributed by atoms with Gasteiger partial charge in [0.25, 0.3) is 0 Å². The molecule has 0 heterocycles. The van der Waals surface area contributed by atoms with Crippen LogP contribution >= 0.6 is 11.8 Å². The van der Waals surface area contributed by atoms with Crippen LogP contribution in [0.2, 0.25) is 0 Å². The maximum absolute atomic E-state index is 11.0. The number of hydrogen-bond donors (Lipinski definition) is 1. The summed E-state index contributed by atoms with van der Waals surface area (Å²) < 4.78 is 0. The normalized spacial score (nSPS) is 12.4. The molecule has 88 valence electrons. The lowest BCUT2D eigenvalue weighted by Gasteiger charge is -2.13. The Bertz CT molecular complexity index is 204. The maximum atomic E-state index is 11.0. The molecule has 1 unspecified atom stereocenters. The second kappa shape index (κ2) is 8.77. The minimum atomic E-state index is -0.753. The van der Waals surface area contributed by atoms with Gasteiger partial charge < -0.3 is 5.11 Å². The average Bonchev–Trinajstić information content (AvgIpc) is 2.12. The van der Waals surface area contributed by atoms with E-state index in [0.29, 0.717) is 11.7 Å². The summed E-state index contributed by atoms with van der Waals surface area (Å²) in [7, 11) is 0. The molecule has 0 saturated carbocycles. The number of carbonyl (C=O) groups excluding carboxylic acids is 1. The zero-order chi connectivity index (χ0) is 11.7. The molecule has 15 heavy (non-hydrogen) atoms. The maximum Gasteiger partial charge on any atom is 0.303 e. The van der Waals surface area contributed by atoms with Crippen LogP contribution in [0.3, 0.4) is 0 Å². The molecule has 0 aliphatic heterocycles. The van der Waals surface area contributed by atoms with Crippen molar-refractivity contribution < 1.29 is 14.7 Å². The first-order valence-electron chi connectivity index (χ1n) is 5.45. The van der Waals surface area contributed by atoms with E-state index >= 15 is 0 Å². The van der Waals surface area contributed by atoms with Gasteiger partial charge in [0.2, 0.25) is 0 Å². The van der Waals surface area contributed by atoms with Gasteiger partial charge in [-0.1, -0.05) is 31.5 Å². The monoisotopic (exact) mass is 232 g/mol. The summed E-state index contributed by atoms with van der Waals surface area (Å²) in [6, 6.07) is 0. The molecule has 0 radical (unpaired) electrons. The summed E-state index contributed by atoms with van der Waals surface area (Å²) >= 11 is 1.36. The van der Waals surface area contributed by atoms with Crippen LogP contribution in [0, 0.1) is 0 Å². The highest BCUT2D eigenvalue weighted by Crippen LogP contribution is 2.23. The van der Waals surface area contributed by atoms with Crippen LogP contribution in [0.15, 0.2) is 0 Å². The van der Waals surface area contributed by atoms with E-state index in [-0.39, 0.29) is 11.5 Å². The Balaban J connectivity index is 3.78. The Kier molecular flexibility index (Phi) is 8.47. The van der Waals surface area contributed by atoms with Gasteiger partial charge >= 0.3 is 5.97 Å². The molecule has 0 rings (SSSR count). The predicted molar refractivity (Wildman–Crippen MR) is 63.1 cm³/mol. The van der Waals surface area contributed by atoms with E-state index in [9.17, 15) is 9.59 Å². The molecule has 0 aromatic carbocycles. The SMILES string of the molecule is CCCCC(CCCC(=O)O)SC(C)=O. The molecule has 0 fully saturated rings. The van der Waals surface area contributed by atoms with Crippen molar-refractivity contribution in [2.75, 3.05) is 0 Å². The first kappa shape index (κ1) is 14.5. The standard InChI is InChI=1S/C11H20O3S/c1-3-4-6-10(15-9(2)12)7-5-8-11(13)14/h10H,3-8H2,1-2H3,(H,13,14). The van der Waals surface area contributed by atoms with Crippen molar-refractivity contribution in [3.05, 3.63) is 0 Å². The summed E-state index contributed by atoms with van der Waals surface area (Å²) in [6.07, 6.45) is 4.95. The summed E-state index contributed by atoms with van der Waals surface area (Å²) in [6.45, 7) is 3.69. The summed E-state index contributed by atoms with van der Waals surface area (Å²) in [5, 5.41) is 8.95. The fraction of sp³-hybridized carbons (Fsp3) is 0.818. The number of aliphatic carboxylic acids is 1. The zero-order valence-corrected chi connectivity index (χ0v) is 10.3. The van der Waals surface area contributed by atoms with Crippen molar-refractivity contribution in [3.8, 4) is 0 Å². The summed E-state index contributed by atoms with van der Waals surface area (Å²) in [5.41, 5.74) is 0. The second-order valence-electron chi connectivity index (χ2n) is 3.66. The number of carboxylic acids is 1. The summed E-state index contributed by atoms with van der Waals surface area (Å²) in [5.74, 6) is -0.753. The van der Waals surface area contributed by atoms with Crippen molar-refractivity contribution in [1.29, 1.82) is 0 Å². The lowest BCUT2D eigenvalue weighted by atomic mass is 10.1. The highest BCUT2D eigenvalue weighted by Gasteiger charge is 2.12. The van der Waals surface area contributed by atoms with Gasteiger partial charge in [0.15, 0.2) is 5.12 Å². The Labute approximate surface area is 95.6 Å². The summed E-state index contributed by atoms with van der Waals surface area (Å²) in [4.78, 5) is 21.3. The molecule has 0 bridgehead atoms. The Morgan fingerprint density at radius 1 is 1.27 bits per heavy atom. The second-order valence-corrected chi connectivity index (χ2v) is 5.14. The highest BCUT2D eigenvalue weighted by molar-refractivity contribution is 8.14. The molecule has 4 heteroatoms. The molecule has 0 aliphatic carbocycles. The average molecular weight is 232 g/mol. The van der Waals surface area contributed by atoms with E-state index in [2.05, 4.69) is 6.92 Å². The van der Waals surface area contributed by atoms with Gasteiger partial charge in [-0.15, -0.1) is 0 Å². The Hall–Kier alpha value is -0.510. The first-order chi connectivity index (χ1) is 7.06. The molecule has 0 aliphatic rings. The fourth-order valence-electron chi connectivity index (χ4n) is 1.41. The fourth-order valence-corrected chi connectivity index (χ4v) is 2.45. The van der Waals surface area contributed by atoms with Crippen LogP contribution in [-0.2, 0) is 9.59 Å². The number of rotatable bonds is 8. The van der Waals surface area contributed by atoms with Crippen LogP contribution in [0.4, 0.5) is 0 Å². The van der Waals surface area contributed by atoms with Crippen LogP contribution in [-0.4, -0.2) is 21.4 Å². The molecule has 1 N–H and O–H groups in total. The van der Waals surface area contributed by atoms with Gasteiger partial charge in [-0.3, -0.25) is 9.59 Å². The number of hydrogen-bond acceptors (Lipinski definition) is 3. The van der Waals surface area contributed by atoms with Gasteiger partial charge in [-0.05, 0) is 19.3 Å². The third kappa shape index (κ3) is 9.79. The molecular formula is C11H20O3S. The number of carboxylic acid groups (broad SMARTS) is 1. The molecule has 1 atom stereocenters. The minimum absolute atomic E-state index is 0.131. The third-order valence-corrected chi connectivity index (χ3v) is 3.27. The quantitative estimate of drug-likeness (QED) is 0.698. The predicted octanol–water partition coefficient (Wildman–Crippen LogP) is 3.08. The van der Waals surface area contributed by atoms with Gasteiger partial charge in [-0.2, -0.15) is 0 Å². The van der Waals surface area contributed by atoms with Gasteiger partial charge in [0.1, 0.15) is 0 Å². The Morgan fingerprint density at radius 2 is 1.87 bits per heavy atom. The smallest absolute Gasteiger partial charge is 0.303 e. The molecule has 0 aromatic heterocycles. The number of thioether (sulfide) groups is 1. The molecular weight excluding hydrogens is 212 g/mol. The molecule has 0 saturated heterocycles. The minimum Gasteiger partial charge on any atom is -0.481 e. The van der Waals surface area contributed by atoms with E-state index in [1.165, 1.54) is 11.8 Å². The van der Waals surface area contributed by atoms with Crippen molar-refractivity contribution in [2.45, 2.75) is 57.6 Å². The number of unbranched alkanes of at least 4 members (excludes halogenated alkanes) is 1. The largest absolute Gasteiger partial charge is 0.481 e. The zero-order valence-electron chi connectivity index (χ0n) is 9.49. The lowest BCUT2D eigenvalue weighted by Crippen LogP contribution is -2.07. The highest BCUT2D eigenvalue weighted by atomic mass is 32.2. The molecule has 3 nitrogen and oxygen atoms in total. The van der Waals surface area contributed by atoms with E-state index in [4.69, 9.17) is 5.11 Å². The molecule has 0 aromatic rings. The van der Waals surface area contributed by atoms with Crippen LogP contribution in [0.25, 0.3) is 0 Å².